The third kappa shape index (κ3) is 2.99. The molecule has 3 nitrogen and oxygen atoms in total. The van der Waals surface area contributed by atoms with E-state index in [9.17, 15) is 9.11 Å². The van der Waals surface area contributed by atoms with Gasteiger partial charge in [-0.15, -0.1) is 10.8 Å². The van der Waals surface area contributed by atoms with Crippen molar-refractivity contribution in [3.8, 4) is 0 Å². The highest BCUT2D eigenvalue weighted by atomic mass is 32.3. The summed E-state index contributed by atoms with van der Waals surface area (Å²) in [5.74, 6) is 0.420. The summed E-state index contributed by atoms with van der Waals surface area (Å²) in [6, 6.07) is 0.347. The Kier molecular flexibility index (Phi) is 3.18. The first-order valence-electron chi connectivity index (χ1n) is 4.17. The van der Waals surface area contributed by atoms with E-state index >= 15 is 0 Å². The Morgan fingerprint density at radius 2 is 1.91 bits per heavy atom. The molecule has 1 fully saturated rings. The van der Waals surface area contributed by atoms with Gasteiger partial charge >= 0.3 is 0 Å². The van der Waals surface area contributed by atoms with Crippen LogP contribution in [0.15, 0.2) is 0 Å². The third-order valence-corrected chi connectivity index (χ3v) is 3.63. The first-order chi connectivity index (χ1) is 5.14. The molecule has 11 heavy (non-hydrogen) atoms. The van der Waals surface area contributed by atoms with Gasteiger partial charge in [-0.3, -0.25) is 9.11 Å². The molecule has 0 aromatic heterocycles. The fourth-order valence-electron chi connectivity index (χ4n) is 1.39. The van der Waals surface area contributed by atoms with Gasteiger partial charge in [0.25, 0.3) is 0 Å². The van der Waals surface area contributed by atoms with Crippen LogP contribution in [0.25, 0.3) is 0 Å². The summed E-state index contributed by atoms with van der Waals surface area (Å²) in [5, 5.41) is 0. The predicted octanol–water partition coefficient (Wildman–Crippen LogP) is 2.20. The van der Waals surface area contributed by atoms with Gasteiger partial charge in [-0.1, -0.05) is 12.8 Å². The highest BCUT2D eigenvalue weighted by molar-refractivity contribution is 8.22. The van der Waals surface area contributed by atoms with Gasteiger partial charge in [-0.25, -0.2) is 4.72 Å². The molecular formula is C7H17NO2S. The monoisotopic (exact) mass is 179 g/mol. The van der Waals surface area contributed by atoms with Gasteiger partial charge in [0.2, 0.25) is 0 Å². The molecule has 1 rings (SSSR count). The van der Waals surface area contributed by atoms with Crippen LogP contribution < -0.4 is 4.72 Å². The molecule has 3 N–H and O–H groups in total. The minimum absolute atomic E-state index is 0.347. The summed E-state index contributed by atoms with van der Waals surface area (Å²) < 4.78 is 21.5. The van der Waals surface area contributed by atoms with Crippen LogP contribution in [0.1, 0.15) is 32.6 Å². The average Bonchev–Trinajstić information content (AvgIpc) is 2.39. The Morgan fingerprint density at radius 1 is 1.36 bits per heavy atom. The molecule has 0 saturated heterocycles. The first-order valence-corrected chi connectivity index (χ1v) is 5.89. The lowest BCUT2D eigenvalue weighted by Gasteiger charge is -2.34. The molecular weight excluding hydrogens is 162 g/mol. The van der Waals surface area contributed by atoms with E-state index < -0.39 is 10.8 Å². The molecule has 68 valence electrons. The van der Waals surface area contributed by atoms with E-state index in [1.54, 1.807) is 6.92 Å². The standard InChI is InChI=1S/C7H17NO2S/c1-2-11(9,10)8-7-5-3-4-6-7/h7-10H,2-6H2,1H3. The maximum Gasteiger partial charge on any atom is 0.0500 e. The van der Waals surface area contributed by atoms with E-state index in [1.165, 1.54) is 12.8 Å². The van der Waals surface area contributed by atoms with E-state index in [4.69, 9.17) is 0 Å². The van der Waals surface area contributed by atoms with Crippen molar-refractivity contribution in [1.82, 2.24) is 4.72 Å². The second-order valence-electron chi connectivity index (χ2n) is 3.05. The fraction of sp³-hybridized carbons (Fsp3) is 1.00. The Hall–Kier alpha value is 0.230. The van der Waals surface area contributed by atoms with Crippen LogP contribution in [-0.4, -0.2) is 20.9 Å². The lowest BCUT2D eigenvalue weighted by atomic mass is 10.3. The highest BCUT2D eigenvalue weighted by Crippen LogP contribution is 2.35. The minimum Gasteiger partial charge on any atom is -0.286 e. The topological polar surface area (TPSA) is 52.5 Å². The number of hydrogen-bond donors (Lipinski definition) is 3. The normalized spacial score (nSPS) is 22.5. The number of rotatable bonds is 3. The van der Waals surface area contributed by atoms with E-state index in [1.807, 2.05) is 0 Å². The van der Waals surface area contributed by atoms with Gasteiger partial charge < -0.3 is 0 Å². The number of nitrogens with one attached hydrogen (secondary N) is 1. The largest absolute Gasteiger partial charge is 0.286 e. The van der Waals surface area contributed by atoms with Crippen LogP contribution in [0, 0.1) is 0 Å². The van der Waals surface area contributed by atoms with E-state index in [-0.39, 0.29) is 0 Å². The Morgan fingerprint density at radius 3 is 2.36 bits per heavy atom. The van der Waals surface area contributed by atoms with E-state index in [0.717, 1.165) is 12.8 Å². The fourth-order valence-corrected chi connectivity index (χ4v) is 2.33. The van der Waals surface area contributed by atoms with Crippen molar-refractivity contribution in [3.05, 3.63) is 0 Å². The molecule has 0 bridgehead atoms. The summed E-state index contributed by atoms with van der Waals surface area (Å²) in [7, 11) is -2.45. The van der Waals surface area contributed by atoms with Crippen molar-refractivity contribution in [2.75, 3.05) is 5.75 Å². The van der Waals surface area contributed by atoms with Gasteiger partial charge in [-0.05, 0) is 19.8 Å². The third-order valence-electron chi connectivity index (χ3n) is 2.11. The quantitative estimate of drug-likeness (QED) is 0.622. The maximum atomic E-state index is 9.31. The molecule has 0 aromatic rings. The van der Waals surface area contributed by atoms with Crippen LogP contribution in [0.3, 0.4) is 0 Å². The molecule has 0 aromatic carbocycles. The molecule has 0 aliphatic heterocycles. The second-order valence-corrected chi connectivity index (χ2v) is 5.20. The van der Waals surface area contributed by atoms with Crippen molar-refractivity contribution in [1.29, 1.82) is 0 Å². The van der Waals surface area contributed by atoms with Crippen LogP contribution in [-0.2, 0) is 0 Å². The Bertz CT molecular complexity index is 124. The summed E-state index contributed by atoms with van der Waals surface area (Å²) in [4.78, 5) is 0. The van der Waals surface area contributed by atoms with Gasteiger partial charge in [0.1, 0.15) is 0 Å². The van der Waals surface area contributed by atoms with Crippen LogP contribution >= 0.6 is 10.8 Å². The zero-order chi connectivity index (χ0) is 8.32. The van der Waals surface area contributed by atoms with Crippen molar-refractivity contribution >= 4 is 10.8 Å². The maximum absolute atomic E-state index is 9.31. The minimum atomic E-state index is -2.45. The lowest BCUT2D eigenvalue weighted by molar-refractivity contribution is 0.454. The first kappa shape index (κ1) is 9.32. The van der Waals surface area contributed by atoms with Gasteiger partial charge in [-0.2, -0.15) is 0 Å². The summed E-state index contributed by atoms with van der Waals surface area (Å²) >= 11 is 0. The summed E-state index contributed by atoms with van der Waals surface area (Å²) in [6.45, 7) is 1.79. The SMILES string of the molecule is CCS(O)(O)NC1CCCC1. The van der Waals surface area contributed by atoms with Crippen molar-refractivity contribution in [3.63, 3.8) is 0 Å². The smallest absolute Gasteiger partial charge is 0.0500 e. The molecule has 0 amide bonds. The Labute approximate surface area is 69.7 Å². The molecule has 1 aliphatic carbocycles. The van der Waals surface area contributed by atoms with Gasteiger partial charge in [0, 0.05) is 11.8 Å². The molecule has 0 radical (unpaired) electrons. The van der Waals surface area contributed by atoms with Crippen molar-refractivity contribution in [2.45, 2.75) is 38.6 Å². The zero-order valence-electron chi connectivity index (χ0n) is 6.92. The second kappa shape index (κ2) is 3.76. The molecule has 0 unspecified atom stereocenters. The predicted molar refractivity (Wildman–Crippen MR) is 48.8 cm³/mol. The van der Waals surface area contributed by atoms with Crippen molar-refractivity contribution in [2.24, 2.45) is 0 Å². The van der Waals surface area contributed by atoms with Crippen LogP contribution in [0.4, 0.5) is 0 Å². The van der Waals surface area contributed by atoms with E-state index in [0.29, 0.717) is 11.8 Å². The molecule has 0 heterocycles. The van der Waals surface area contributed by atoms with E-state index in [2.05, 4.69) is 4.72 Å². The van der Waals surface area contributed by atoms with Gasteiger partial charge in [0.05, 0.1) is 0 Å². The lowest BCUT2D eigenvalue weighted by Crippen LogP contribution is -2.30. The Balaban J connectivity index is 2.28. The summed E-state index contributed by atoms with van der Waals surface area (Å²) in [5.41, 5.74) is 0. The molecule has 0 spiro atoms. The average molecular weight is 179 g/mol. The van der Waals surface area contributed by atoms with Crippen LogP contribution in [0.2, 0.25) is 0 Å². The van der Waals surface area contributed by atoms with Crippen molar-refractivity contribution < 1.29 is 9.11 Å². The zero-order valence-corrected chi connectivity index (χ0v) is 7.73. The highest BCUT2D eigenvalue weighted by Gasteiger charge is 2.19. The summed E-state index contributed by atoms with van der Waals surface area (Å²) in [6.07, 6.45) is 4.62. The van der Waals surface area contributed by atoms with Gasteiger partial charge in [0.15, 0.2) is 0 Å². The molecule has 1 saturated carbocycles. The van der Waals surface area contributed by atoms with Crippen LogP contribution in [0.5, 0.6) is 0 Å². The molecule has 1 aliphatic rings. The molecule has 4 heteroatoms. The molecule has 0 atom stereocenters. The number of hydrogen-bond acceptors (Lipinski definition) is 3.